The van der Waals surface area contributed by atoms with Gasteiger partial charge in [-0.1, -0.05) is 18.2 Å². The van der Waals surface area contributed by atoms with Crippen LogP contribution >= 0.6 is 0 Å². The summed E-state index contributed by atoms with van der Waals surface area (Å²) in [6, 6.07) is 11.6. The summed E-state index contributed by atoms with van der Waals surface area (Å²) >= 11 is 0. The molecule has 18 heteroatoms. The van der Waals surface area contributed by atoms with E-state index in [1.165, 1.54) is 12.1 Å². The standard InChI is InChI=1S/C29H27N5O10S2.Na/c1-31(2)21-10-5-18(6-11-21)28(19-7-12-22(13-8-19)32(3)4)24-14-9-20(15-27(24)46(42,43)44)30-29-25(33(35)36)16-23(45(39,40)41)17-26(29)34(37)38;/h5-17H,1-4H3,(H2,39,40,41,42,43,44);/q;+1/p+1. The molecule has 3 aromatic rings. The molecule has 4 rings (SSSR count). The Morgan fingerprint density at radius 3 is 1.74 bits per heavy atom. The van der Waals surface area contributed by atoms with Crippen LogP contribution in [0.4, 0.5) is 28.4 Å². The van der Waals surface area contributed by atoms with Crippen molar-refractivity contribution < 1.29 is 69.9 Å². The van der Waals surface area contributed by atoms with E-state index < -0.39 is 56.9 Å². The van der Waals surface area contributed by atoms with Gasteiger partial charge in [-0.15, -0.1) is 0 Å². The molecule has 0 bridgehead atoms. The van der Waals surface area contributed by atoms with Crippen molar-refractivity contribution in [2.45, 2.75) is 9.79 Å². The fraction of sp³-hybridized carbons (Fsp3) is 0.138. The van der Waals surface area contributed by atoms with E-state index in [0.29, 0.717) is 28.8 Å². The van der Waals surface area contributed by atoms with E-state index in [4.69, 9.17) is 0 Å². The summed E-state index contributed by atoms with van der Waals surface area (Å²) in [4.78, 5) is 21.5. The Bertz CT molecular complexity index is 2070. The van der Waals surface area contributed by atoms with Gasteiger partial charge in [0.2, 0.25) is 0 Å². The number of nitro groups is 2. The Morgan fingerprint density at radius 1 is 0.787 bits per heavy atom. The number of anilines is 3. The molecular weight excluding hydrogens is 665 g/mol. The maximum Gasteiger partial charge on any atom is 1.00 e. The molecule has 0 aliphatic heterocycles. The van der Waals surface area contributed by atoms with Crippen molar-refractivity contribution in [3.8, 4) is 0 Å². The first-order valence-corrected chi connectivity index (χ1v) is 16.0. The third-order valence-corrected chi connectivity index (χ3v) is 8.63. The first-order valence-electron chi connectivity index (χ1n) is 13.1. The third kappa shape index (κ3) is 8.38. The van der Waals surface area contributed by atoms with Crippen LogP contribution in [0.15, 0.2) is 94.3 Å². The first kappa shape index (κ1) is 37.2. The van der Waals surface area contributed by atoms with Crippen molar-refractivity contribution in [1.29, 1.82) is 0 Å². The quantitative estimate of drug-likeness (QED) is 0.0955. The van der Waals surface area contributed by atoms with Gasteiger partial charge in [-0.3, -0.25) is 29.3 Å². The molecule has 240 valence electrons. The van der Waals surface area contributed by atoms with Gasteiger partial charge in [-0.05, 0) is 53.1 Å². The molecule has 0 amide bonds. The first-order chi connectivity index (χ1) is 21.4. The van der Waals surface area contributed by atoms with Gasteiger partial charge in [-0.25, -0.2) is 4.58 Å². The number of hydrogen-bond donors (Lipinski definition) is 3. The molecule has 1 aliphatic rings. The minimum atomic E-state index is -5.07. The Kier molecular flexibility index (Phi) is 11.3. The molecule has 0 unspecified atom stereocenters. The Hall–Kier alpha value is -4.23. The van der Waals surface area contributed by atoms with Crippen molar-refractivity contribution in [2.75, 3.05) is 38.4 Å². The molecule has 1 aliphatic carbocycles. The van der Waals surface area contributed by atoms with Crippen molar-refractivity contribution in [3.05, 3.63) is 116 Å². The van der Waals surface area contributed by atoms with Crippen molar-refractivity contribution in [3.63, 3.8) is 0 Å². The molecule has 0 spiro atoms. The fourth-order valence-electron chi connectivity index (χ4n) is 4.65. The zero-order chi connectivity index (χ0) is 34.1. The molecule has 0 saturated heterocycles. The second-order valence-electron chi connectivity index (χ2n) is 10.4. The molecule has 15 nitrogen and oxygen atoms in total. The minimum absolute atomic E-state index is 0. The Morgan fingerprint density at radius 2 is 1.32 bits per heavy atom. The van der Waals surface area contributed by atoms with Crippen LogP contribution in [0.1, 0.15) is 11.1 Å². The van der Waals surface area contributed by atoms with Gasteiger partial charge in [0.25, 0.3) is 20.2 Å². The number of allylic oxidation sites excluding steroid dienone is 5. The third-order valence-electron chi connectivity index (χ3n) is 6.90. The summed E-state index contributed by atoms with van der Waals surface area (Å²) in [7, 11) is -2.64. The number of hydrogen-bond acceptors (Lipinski definition) is 10. The Labute approximate surface area is 292 Å². The van der Waals surface area contributed by atoms with Crippen molar-refractivity contribution in [1.82, 2.24) is 0 Å². The summed E-state index contributed by atoms with van der Waals surface area (Å²) in [6.45, 7) is 0. The van der Waals surface area contributed by atoms with Crippen LogP contribution in [0.25, 0.3) is 5.57 Å². The van der Waals surface area contributed by atoms with E-state index in [-0.39, 0.29) is 40.8 Å². The zero-order valence-corrected chi connectivity index (χ0v) is 29.4. The fourth-order valence-corrected chi connectivity index (χ4v) is 5.89. The molecule has 3 N–H and O–H groups in total. The second-order valence-corrected chi connectivity index (χ2v) is 13.2. The molecule has 0 atom stereocenters. The summed E-state index contributed by atoms with van der Waals surface area (Å²) in [6.07, 6.45) is 7.18. The average molecular weight is 694 g/mol. The number of rotatable bonds is 9. The number of nitrogens with one attached hydrogen (secondary N) is 1. The van der Waals surface area contributed by atoms with E-state index in [1.54, 1.807) is 24.3 Å². The van der Waals surface area contributed by atoms with Crippen LogP contribution in [0, 0.1) is 20.2 Å². The Balaban J connectivity index is 0.00000600. The van der Waals surface area contributed by atoms with Gasteiger partial charge in [0.05, 0.1) is 9.85 Å². The predicted octanol–water partition coefficient (Wildman–Crippen LogP) is 1.45. The second kappa shape index (κ2) is 14.3. The molecule has 0 saturated carbocycles. The van der Waals surface area contributed by atoms with E-state index >= 15 is 0 Å². The molecule has 3 aromatic carbocycles. The van der Waals surface area contributed by atoms with Gasteiger partial charge in [0, 0.05) is 55.3 Å². The van der Waals surface area contributed by atoms with Crippen LogP contribution in [0.3, 0.4) is 0 Å². The normalized spacial score (nSPS) is 12.7. The van der Waals surface area contributed by atoms with Crippen LogP contribution in [-0.2, 0) is 20.2 Å². The summed E-state index contributed by atoms with van der Waals surface area (Å²) < 4.78 is 70.5. The predicted molar refractivity (Wildman–Crippen MR) is 171 cm³/mol. The molecule has 0 heterocycles. The van der Waals surface area contributed by atoms with Gasteiger partial charge >= 0.3 is 40.9 Å². The van der Waals surface area contributed by atoms with Crippen LogP contribution < -0.4 is 39.8 Å². The maximum absolute atomic E-state index is 12.8. The molecule has 0 fully saturated rings. The van der Waals surface area contributed by atoms with Gasteiger partial charge in [0.1, 0.15) is 23.9 Å². The molecular formula is C29H28N5NaO10S2+2. The van der Waals surface area contributed by atoms with Crippen LogP contribution in [0.2, 0.25) is 0 Å². The van der Waals surface area contributed by atoms with E-state index in [9.17, 15) is 46.2 Å². The molecule has 47 heavy (non-hydrogen) atoms. The maximum atomic E-state index is 12.8. The summed E-state index contributed by atoms with van der Waals surface area (Å²) in [5, 5.41) is 26.0. The smallest absolute Gasteiger partial charge is 0.378 e. The monoisotopic (exact) mass is 693 g/mol. The van der Waals surface area contributed by atoms with Gasteiger partial charge < -0.3 is 10.2 Å². The SMILES string of the molecule is CN(C)c1ccc(C(=C2C=CC(=[N+](C)C)C=C2)c2ccc(Nc3c([N+](=O)[O-])cc(S(=O)(=O)O)cc3[N+](=O)[O-])cc2S(=O)(=O)O)cc1.[Na+]. The average Bonchev–Trinajstić information content (AvgIpc) is 2.97. The largest absolute Gasteiger partial charge is 1.00 e. The summed E-state index contributed by atoms with van der Waals surface area (Å²) in [5.74, 6) is 0. The van der Waals surface area contributed by atoms with E-state index in [1.807, 2.05) is 62.0 Å². The van der Waals surface area contributed by atoms with E-state index in [2.05, 4.69) is 5.32 Å². The number of nitro benzene ring substituents is 2. The molecule has 0 aromatic heterocycles. The topological polar surface area (TPSA) is 213 Å². The van der Waals surface area contributed by atoms with E-state index in [0.717, 1.165) is 17.5 Å². The van der Waals surface area contributed by atoms with Gasteiger partial charge in [0.15, 0.2) is 11.4 Å². The molecule has 0 radical (unpaired) electrons. The van der Waals surface area contributed by atoms with Crippen molar-refractivity contribution in [2.24, 2.45) is 0 Å². The van der Waals surface area contributed by atoms with Crippen LogP contribution in [0.5, 0.6) is 0 Å². The summed E-state index contributed by atoms with van der Waals surface area (Å²) in [5.41, 5.74) is 0.154. The zero-order valence-electron chi connectivity index (χ0n) is 25.8. The van der Waals surface area contributed by atoms with Gasteiger partial charge in [-0.2, -0.15) is 16.8 Å². The number of benzene rings is 3. The number of nitrogens with zero attached hydrogens (tertiary/aromatic N) is 4. The van der Waals surface area contributed by atoms with Crippen LogP contribution in [-0.4, -0.2) is 74.3 Å². The minimum Gasteiger partial charge on any atom is -0.378 e. The van der Waals surface area contributed by atoms with Crippen molar-refractivity contribution >= 4 is 60.0 Å².